The van der Waals surface area contributed by atoms with E-state index in [1.54, 1.807) is 24.3 Å². The normalized spacial score (nSPS) is 13.7. The second-order valence-corrected chi connectivity index (χ2v) is 6.12. The van der Waals surface area contributed by atoms with Gasteiger partial charge in [0.15, 0.2) is 0 Å². The molecule has 1 aliphatic rings. The SMILES string of the molecule is O=C(CSC1=C(C(=O)O)C=CCN1)Nc1cc(Cl)ccc1Cl. The summed E-state index contributed by atoms with van der Waals surface area (Å²) in [6, 6.07) is 4.76. The van der Waals surface area contributed by atoms with Crippen molar-refractivity contribution < 1.29 is 14.7 Å². The summed E-state index contributed by atoms with van der Waals surface area (Å²) >= 11 is 12.9. The van der Waals surface area contributed by atoms with Crippen LogP contribution in [0.15, 0.2) is 41.0 Å². The van der Waals surface area contributed by atoms with E-state index in [9.17, 15) is 9.59 Å². The first-order chi connectivity index (χ1) is 10.5. The van der Waals surface area contributed by atoms with Crippen LogP contribution < -0.4 is 10.6 Å². The zero-order valence-corrected chi connectivity index (χ0v) is 13.6. The molecule has 1 aromatic carbocycles. The molecule has 22 heavy (non-hydrogen) atoms. The van der Waals surface area contributed by atoms with E-state index in [1.807, 2.05) is 0 Å². The van der Waals surface area contributed by atoms with Crippen molar-refractivity contribution in [3.63, 3.8) is 0 Å². The zero-order chi connectivity index (χ0) is 16.1. The number of benzene rings is 1. The molecule has 1 amide bonds. The van der Waals surface area contributed by atoms with Gasteiger partial charge in [-0.25, -0.2) is 4.79 Å². The molecular formula is C14H12Cl2N2O3S. The number of rotatable bonds is 5. The quantitative estimate of drug-likeness (QED) is 0.753. The summed E-state index contributed by atoms with van der Waals surface area (Å²) in [4.78, 5) is 23.0. The first-order valence-electron chi connectivity index (χ1n) is 6.23. The number of halogens is 2. The Morgan fingerprint density at radius 1 is 1.36 bits per heavy atom. The Morgan fingerprint density at radius 3 is 2.86 bits per heavy atom. The van der Waals surface area contributed by atoms with Crippen molar-refractivity contribution in [3.8, 4) is 0 Å². The second kappa shape index (κ2) is 7.58. The first-order valence-corrected chi connectivity index (χ1v) is 7.97. The lowest BCUT2D eigenvalue weighted by Crippen LogP contribution is -2.22. The number of hydrogen-bond acceptors (Lipinski definition) is 4. The van der Waals surface area contributed by atoms with Crippen molar-refractivity contribution in [3.05, 3.63) is 51.0 Å². The van der Waals surface area contributed by atoms with Gasteiger partial charge in [-0.1, -0.05) is 41.0 Å². The topological polar surface area (TPSA) is 78.4 Å². The summed E-state index contributed by atoms with van der Waals surface area (Å²) in [7, 11) is 0. The van der Waals surface area contributed by atoms with Crippen LogP contribution in [-0.4, -0.2) is 29.3 Å². The van der Waals surface area contributed by atoms with Crippen molar-refractivity contribution in [2.24, 2.45) is 0 Å². The van der Waals surface area contributed by atoms with Crippen LogP contribution in [0.25, 0.3) is 0 Å². The molecule has 0 saturated carbocycles. The van der Waals surface area contributed by atoms with E-state index in [-0.39, 0.29) is 17.2 Å². The Bertz CT molecular complexity index is 674. The Morgan fingerprint density at radius 2 is 2.14 bits per heavy atom. The van der Waals surface area contributed by atoms with E-state index >= 15 is 0 Å². The summed E-state index contributed by atoms with van der Waals surface area (Å²) in [6.45, 7) is 0.529. The van der Waals surface area contributed by atoms with Gasteiger partial charge in [0, 0.05) is 11.6 Å². The molecule has 1 aromatic rings. The highest BCUT2D eigenvalue weighted by atomic mass is 35.5. The molecule has 0 aliphatic carbocycles. The van der Waals surface area contributed by atoms with Gasteiger partial charge >= 0.3 is 5.97 Å². The molecule has 0 aromatic heterocycles. The van der Waals surface area contributed by atoms with E-state index in [0.29, 0.717) is 27.3 Å². The van der Waals surface area contributed by atoms with Crippen molar-refractivity contribution in [2.45, 2.75) is 0 Å². The number of carboxylic acid groups (broad SMARTS) is 1. The lowest BCUT2D eigenvalue weighted by molar-refractivity contribution is -0.132. The third kappa shape index (κ3) is 4.43. The number of amides is 1. The number of carboxylic acids is 1. The minimum absolute atomic E-state index is 0.0514. The Hall–Kier alpha value is -1.63. The zero-order valence-electron chi connectivity index (χ0n) is 11.2. The predicted molar refractivity (Wildman–Crippen MR) is 89.4 cm³/mol. The molecule has 8 heteroatoms. The van der Waals surface area contributed by atoms with Gasteiger partial charge in [0.05, 0.1) is 27.1 Å². The molecule has 5 nitrogen and oxygen atoms in total. The molecule has 1 aliphatic heterocycles. The van der Waals surface area contributed by atoms with Crippen LogP contribution >= 0.6 is 35.0 Å². The van der Waals surface area contributed by atoms with Crippen LogP contribution in [0.2, 0.25) is 10.0 Å². The molecular weight excluding hydrogens is 347 g/mol. The molecule has 1 heterocycles. The molecule has 116 valence electrons. The summed E-state index contributed by atoms with van der Waals surface area (Å²) in [6.07, 6.45) is 3.23. The summed E-state index contributed by atoms with van der Waals surface area (Å²) in [5, 5.41) is 16.0. The highest BCUT2D eigenvalue weighted by Gasteiger charge is 2.16. The van der Waals surface area contributed by atoms with Gasteiger partial charge in [0.25, 0.3) is 0 Å². The van der Waals surface area contributed by atoms with Crippen LogP contribution in [0.5, 0.6) is 0 Å². The van der Waals surface area contributed by atoms with Crippen molar-refractivity contribution in [2.75, 3.05) is 17.6 Å². The van der Waals surface area contributed by atoms with Gasteiger partial charge in [-0.15, -0.1) is 0 Å². The lowest BCUT2D eigenvalue weighted by atomic mass is 10.2. The van der Waals surface area contributed by atoms with Crippen LogP contribution in [0.1, 0.15) is 0 Å². The van der Waals surface area contributed by atoms with Gasteiger partial charge in [0.1, 0.15) is 0 Å². The number of hydrogen-bond donors (Lipinski definition) is 3. The standard InChI is InChI=1S/C14H12Cl2N2O3S/c15-8-3-4-10(16)11(6-8)18-12(19)7-22-13-9(14(20)21)2-1-5-17-13/h1-4,6,17H,5,7H2,(H,18,19)(H,20,21). The fraction of sp³-hybridized carbons (Fsp3) is 0.143. The minimum Gasteiger partial charge on any atom is -0.478 e. The summed E-state index contributed by atoms with van der Waals surface area (Å²) < 4.78 is 0. The van der Waals surface area contributed by atoms with Gasteiger partial charge in [0.2, 0.25) is 5.91 Å². The van der Waals surface area contributed by atoms with E-state index in [0.717, 1.165) is 11.8 Å². The average molecular weight is 359 g/mol. The van der Waals surface area contributed by atoms with E-state index in [1.165, 1.54) is 6.08 Å². The molecule has 0 spiro atoms. The second-order valence-electron chi connectivity index (χ2n) is 4.29. The third-order valence-electron chi connectivity index (χ3n) is 2.69. The van der Waals surface area contributed by atoms with E-state index < -0.39 is 5.97 Å². The third-order valence-corrected chi connectivity index (χ3v) is 4.31. The van der Waals surface area contributed by atoms with Crippen LogP contribution in [0.4, 0.5) is 5.69 Å². The number of carbonyl (C=O) groups is 2. The number of anilines is 1. The lowest BCUT2D eigenvalue weighted by Gasteiger charge is -2.15. The Kier molecular flexibility index (Phi) is 5.76. The number of nitrogens with one attached hydrogen (secondary N) is 2. The van der Waals surface area contributed by atoms with E-state index in [2.05, 4.69) is 10.6 Å². The number of dihydropyridines is 1. The maximum atomic E-state index is 11.9. The van der Waals surface area contributed by atoms with Crippen molar-refractivity contribution in [1.82, 2.24) is 5.32 Å². The van der Waals surface area contributed by atoms with Crippen LogP contribution in [0.3, 0.4) is 0 Å². The molecule has 0 radical (unpaired) electrons. The number of aliphatic carboxylic acids is 1. The predicted octanol–water partition coefficient (Wildman–Crippen LogP) is 3.12. The fourth-order valence-electron chi connectivity index (χ4n) is 1.71. The monoisotopic (exact) mass is 358 g/mol. The van der Waals surface area contributed by atoms with Crippen LogP contribution in [-0.2, 0) is 9.59 Å². The minimum atomic E-state index is -1.04. The molecule has 0 fully saturated rings. The molecule has 2 rings (SSSR count). The smallest absolute Gasteiger partial charge is 0.338 e. The molecule has 0 saturated heterocycles. The van der Waals surface area contributed by atoms with Crippen LogP contribution in [0, 0.1) is 0 Å². The highest BCUT2D eigenvalue weighted by Crippen LogP contribution is 2.26. The highest BCUT2D eigenvalue weighted by molar-refractivity contribution is 8.03. The van der Waals surface area contributed by atoms with Gasteiger partial charge in [-0.05, 0) is 24.3 Å². The number of carbonyl (C=O) groups excluding carboxylic acids is 1. The number of thioether (sulfide) groups is 1. The average Bonchev–Trinajstić information content (AvgIpc) is 2.49. The molecule has 3 N–H and O–H groups in total. The van der Waals surface area contributed by atoms with Gasteiger partial charge in [-0.2, -0.15) is 0 Å². The van der Waals surface area contributed by atoms with Gasteiger partial charge < -0.3 is 15.7 Å². The molecule has 0 atom stereocenters. The molecule has 0 bridgehead atoms. The largest absolute Gasteiger partial charge is 0.478 e. The van der Waals surface area contributed by atoms with Gasteiger partial charge in [-0.3, -0.25) is 4.79 Å². The Balaban J connectivity index is 1.99. The molecule has 0 unspecified atom stereocenters. The van der Waals surface area contributed by atoms with Crippen molar-refractivity contribution >= 4 is 52.5 Å². The maximum absolute atomic E-state index is 11.9. The fourth-order valence-corrected chi connectivity index (χ4v) is 2.89. The van der Waals surface area contributed by atoms with E-state index in [4.69, 9.17) is 28.3 Å². The summed E-state index contributed by atoms with van der Waals surface area (Å²) in [5.41, 5.74) is 0.563. The maximum Gasteiger partial charge on any atom is 0.338 e. The first kappa shape index (κ1) is 16.7. The Labute approximate surface area is 141 Å². The van der Waals surface area contributed by atoms with Crippen molar-refractivity contribution in [1.29, 1.82) is 0 Å². The summed E-state index contributed by atoms with van der Waals surface area (Å²) in [5.74, 6) is -1.29.